The average molecular weight is 297 g/mol. The van der Waals surface area contributed by atoms with E-state index in [9.17, 15) is 9.18 Å². The SMILES string of the molecule is Cc1nc(CN2CC3CN(C(=O)CCF)CC3C2)cs1. The van der Waals surface area contributed by atoms with Gasteiger partial charge >= 0.3 is 0 Å². The Morgan fingerprint density at radius 3 is 2.65 bits per heavy atom. The highest BCUT2D eigenvalue weighted by molar-refractivity contribution is 7.09. The molecule has 0 spiro atoms. The Morgan fingerprint density at radius 2 is 2.10 bits per heavy atom. The van der Waals surface area contributed by atoms with E-state index < -0.39 is 6.67 Å². The summed E-state index contributed by atoms with van der Waals surface area (Å²) in [5.41, 5.74) is 1.15. The van der Waals surface area contributed by atoms with E-state index in [4.69, 9.17) is 0 Å². The second kappa shape index (κ2) is 5.77. The van der Waals surface area contributed by atoms with E-state index in [1.165, 1.54) is 0 Å². The molecule has 3 rings (SSSR count). The van der Waals surface area contributed by atoms with Crippen molar-refractivity contribution >= 4 is 17.2 Å². The first kappa shape index (κ1) is 13.9. The Morgan fingerprint density at radius 1 is 1.40 bits per heavy atom. The molecule has 0 radical (unpaired) electrons. The molecular weight excluding hydrogens is 277 g/mol. The lowest BCUT2D eigenvalue weighted by Crippen LogP contribution is -2.33. The first-order chi connectivity index (χ1) is 9.65. The summed E-state index contributed by atoms with van der Waals surface area (Å²) in [6.07, 6.45) is 0.0429. The van der Waals surface area contributed by atoms with Gasteiger partial charge in [-0.2, -0.15) is 0 Å². The molecule has 2 fully saturated rings. The zero-order valence-electron chi connectivity index (χ0n) is 11.7. The molecule has 1 aromatic rings. The van der Waals surface area contributed by atoms with Gasteiger partial charge in [0, 0.05) is 38.1 Å². The smallest absolute Gasteiger partial charge is 0.225 e. The van der Waals surface area contributed by atoms with Crippen LogP contribution in [0.5, 0.6) is 0 Å². The number of likely N-dealkylation sites (tertiary alicyclic amines) is 2. The van der Waals surface area contributed by atoms with Gasteiger partial charge in [-0.3, -0.25) is 14.1 Å². The van der Waals surface area contributed by atoms with Gasteiger partial charge in [0.15, 0.2) is 0 Å². The van der Waals surface area contributed by atoms with E-state index in [2.05, 4.69) is 15.3 Å². The first-order valence-electron chi connectivity index (χ1n) is 7.13. The molecule has 3 heterocycles. The largest absolute Gasteiger partial charge is 0.342 e. The third-order valence-corrected chi connectivity index (χ3v) is 5.10. The van der Waals surface area contributed by atoms with Crippen molar-refractivity contribution in [2.45, 2.75) is 19.9 Å². The van der Waals surface area contributed by atoms with Crippen LogP contribution in [0, 0.1) is 18.8 Å². The van der Waals surface area contributed by atoms with Crippen LogP contribution in [0.25, 0.3) is 0 Å². The van der Waals surface area contributed by atoms with Crippen molar-refractivity contribution in [2.24, 2.45) is 11.8 Å². The van der Waals surface area contributed by atoms with Crippen molar-refractivity contribution < 1.29 is 9.18 Å². The predicted octanol–water partition coefficient (Wildman–Crippen LogP) is 1.70. The van der Waals surface area contributed by atoms with Crippen molar-refractivity contribution in [1.29, 1.82) is 0 Å². The number of aromatic nitrogens is 1. The van der Waals surface area contributed by atoms with Crippen molar-refractivity contribution in [3.05, 3.63) is 16.1 Å². The van der Waals surface area contributed by atoms with Gasteiger partial charge in [0.2, 0.25) is 5.91 Å². The number of carbonyl (C=O) groups excluding carboxylic acids is 1. The van der Waals surface area contributed by atoms with Gasteiger partial charge in [-0.1, -0.05) is 0 Å². The lowest BCUT2D eigenvalue weighted by Gasteiger charge is -2.20. The van der Waals surface area contributed by atoms with Crippen LogP contribution in [0.15, 0.2) is 5.38 Å². The molecule has 4 nitrogen and oxygen atoms in total. The van der Waals surface area contributed by atoms with Gasteiger partial charge in [0.25, 0.3) is 0 Å². The minimum atomic E-state index is -0.542. The molecule has 2 saturated heterocycles. The number of hydrogen-bond acceptors (Lipinski definition) is 4. The molecule has 2 aliphatic heterocycles. The van der Waals surface area contributed by atoms with Crippen LogP contribution >= 0.6 is 11.3 Å². The highest BCUT2D eigenvalue weighted by atomic mass is 32.1. The molecule has 2 unspecified atom stereocenters. The number of carbonyl (C=O) groups is 1. The summed E-state index contributed by atoms with van der Waals surface area (Å²) in [5, 5.41) is 3.24. The van der Waals surface area contributed by atoms with Crippen molar-refractivity contribution in [3.8, 4) is 0 Å². The minimum Gasteiger partial charge on any atom is -0.342 e. The molecule has 1 aromatic heterocycles. The van der Waals surface area contributed by atoms with Crippen molar-refractivity contribution in [3.63, 3.8) is 0 Å². The molecule has 1 amide bonds. The number of rotatable bonds is 4. The van der Waals surface area contributed by atoms with Crippen molar-refractivity contribution in [1.82, 2.24) is 14.8 Å². The van der Waals surface area contributed by atoms with Gasteiger partial charge in [-0.05, 0) is 18.8 Å². The molecule has 0 aliphatic carbocycles. The zero-order valence-corrected chi connectivity index (χ0v) is 12.5. The van der Waals surface area contributed by atoms with Crippen LogP contribution in [0.4, 0.5) is 4.39 Å². The van der Waals surface area contributed by atoms with Gasteiger partial charge in [-0.25, -0.2) is 4.98 Å². The maximum Gasteiger partial charge on any atom is 0.225 e. The number of amides is 1. The number of halogens is 1. The van der Waals surface area contributed by atoms with Gasteiger partial charge in [0.05, 0.1) is 23.8 Å². The van der Waals surface area contributed by atoms with Crippen LogP contribution in [0.2, 0.25) is 0 Å². The van der Waals surface area contributed by atoms with Gasteiger partial charge in [-0.15, -0.1) is 11.3 Å². The highest BCUT2D eigenvalue weighted by Gasteiger charge is 2.41. The first-order valence-corrected chi connectivity index (χ1v) is 8.00. The fraction of sp³-hybridized carbons (Fsp3) is 0.714. The zero-order chi connectivity index (χ0) is 14.1. The van der Waals surface area contributed by atoms with Crippen molar-refractivity contribution in [2.75, 3.05) is 32.9 Å². The molecule has 0 aromatic carbocycles. The monoisotopic (exact) mass is 297 g/mol. The van der Waals surface area contributed by atoms with Gasteiger partial charge < -0.3 is 4.90 Å². The lowest BCUT2D eigenvalue weighted by atomic mass is 10.0. The Labute approximate surface area is 122 Å². The number of alkyl halides is 1. The number of fused-ring (bicyclic) bond motifs is 1. The fourth-order valence-electron chi connectivity index (χ4n) is 3.37. The molecule has 110 valence electrons. The predicted molar refractivity (Wildman–Crippen MR) is 76.3 cm³/mol. The second-order valence-corrected chi connectivity index (χ2v) is 6.87. The maximum atomic E-state index is 12.2. The van der Waals surface area contributed by atoms with E-state index in [0.717, 1.165) is 43.4 Å². The molecule has 2 aliphatic rings. The van der Waals surface area contributed by atoms with E-state index >= 15 is 0 Å². The summed E-state index contributed by atoms with van der Waals surface area (Å²) in [6.45, 7) is 6.06. The van der Waals surface area contributed by atoms with Crippen LogP contribution in [0.1, 0.15) is 17.1 Å². The van der Waals surface area contributed by atoms with Crippen LogP contribution < -0.4 is 0 Å². The number of thiazole rings is 1. The molecular formula is C14H20FN3OS. The Bertz CT molecular complexity index is 479. The maximum absolute atomic E-state index is 12.2. The van der Waals surface area contributed by atoms with E-state index in [1.54, 1.807) is 11.3 Å². The normalized spacial score (nSPS) is 26.2. The summed E-state index contributed by atoms with van der Waals surface area (Å²) < 4.78 is 12.2. The third-order valence-electron chi connectivity index (χ3n) is 4.28. The number of aryl methyl sites for hydroxylation is 1. The average Bonchev–Trinajstić information content (AvgIpc) is 3.04. The summed E-state index contributed by atoms with van der Waals surface area (Å²) in [7, 11) is 0. The highest BCUT2D eigenvalue weighted by Crippen LogP contribution is 2.32. The summed E-state index contributed by atoms with van der Waals surface area (Å²) >= 11 is 1.69. The van der Waals surface area contributed by atoms with E-state index in [1.807, 2.05) is 11.8 Å². The molecule has 6 heteroatoms. The Hall–Kier alpha value is -1.01. The standard InChI is InChI=1S/C14H20FN3OS/c1-10-16-13(9-20-10)8-17-4-11-6-18(7-12(11)5-17)14(19)2-3-15/h9,11-12H,2-8H2,1H3. The Kier molecular flexibility index (Phi) is 4.03. The van der Waals surface area contributed by atoms with E-state index in [0.29, 0.717) is 11.8 Å². The summed E-state index contributed by atoms with van der Waals surface area (Å²) in [6, 6.07) is 0. The molecule has 0 bridgehead atoms. The quantitative estimate of drug-likeness (QED) is 0.849. The lowest BCUT2D eigenvalue weighted by molar-refractivity contribution is -0.130. The van der Waals surface area contributed by atoms with E-state index in [-0.39, 0.29) is 12.3 Å². The molecule has 2 atom stereocenters. The Balaban J connectivity index is 1.52. The minimum absolute atomic E-state index is 0.0245. The summed E-state index contributed by atoms with van der Waals surface area (Å²) in [4.78, 5) is 20.5. The van der Waals surface area contributed by atoms with Crippen LogP contribution in [-0.4, -0.2) is 53.5 Å². The molecule has 0 N–H and O–H groups in total. The topological polar surface area (TPSA) is 36.4 Å². The van der Waals surface area contributed by atoms with Crippen LogP contribution in [0.3, 0.4) is 0 Å². The van der Waals surface area contributed by atoms with Gasteiger partial charge in [0.1, 0.15) is 0 Å². The third kappa shape index (κ3) is 2.86. The second-order valence-electron chi connectivity index (χ2n) is 5.81. The molecule has 20 heavy (non-hydrogen) atoms. The number of hydrogen-bond donors (Lipinski definition) is 0. The molecule has 0 saturated carbocycles. The number of nitrogens with zero attached hydrogens (tertiary/aromatic N) is 3. The summed E-state index contributed by atoms with van der Waals surface area (Å²) in [5.74, 6) is 1.08. The fourth-order valence-corrected chi connectivity index (χ4v) is 3.98. The van der Waals surface area contributed by atoms with Crippen LogP contribution in [-0.2, 0) is 11.3 Å².